The van der Waals surface area contributed by atoms with Gasteiger partial charge in [-0.05, 0) is 49.1 Å². The number of hydrogen-bond donors (Lipinski definition) is 1. The summed E-state index contributed by atoms with van der Waals surface area (Å²) in [4.78, 5) is 19.5. The fraction of sp³-hybridized carbons (Fsp3) is 0.455. The van der Waals surface area contributed by atoms with Crippen LogP contribution in [0, 0.1) is 12.3 Å². The maximum Gasteiger partial charge on any atom is 0.162 e. The molecule has 0 bridgehead atoms. The fourth-order valence-electron chi connectivity index (χ4n) is 5.31. The number of carbonyl (C=O) groups excluding carboxylic acids is 1. The maximum absolute atomic E-state index is 13.4. The number of aromatic nitrogens is 1. The molecule has 2 aliphatic carbocycles. The fourth-order valence-corrected chi connectivity index (χ4v) is 6.42. The Balaban J connectivity index is 1.85. The van der Waals surface area contributed by atoms with Crippen LogP contribution in [0.2, 0.25) is 0 Å². The molecule has 134 valence electrons. The van der Waals surface area contributed by atoms with Crippen molar-refractivity contribution < 1.29 is 4.79 Å². The Morgan fingerprint density at radius 1 is 1.19 bits per heavy atom. The Bertz CT molecular complexity index is 968. The molecule has 1 spiro atoms. The normalized spacial score (nSPS) is 26.2. The van der Waals surface area contributed by atoms with Crippen molar-refractivity contribution in [3.63, 3.8) is 0 Å². The van der Waals surface area contributed by atoms with Crippen molar-refractivity contribution in [1.29, 1.82) is 0 Å². The molecule has 2 aromatic rings. The number of nitrogens with zero attached hydrogens (tertiary/aromatic N) is 1. The number of anilines is 1. The molecule has 2 heterocycles. The second-order valence-corrected chi connectivity index (χ2v) is 9.95. The molecule has 3 aliphatic rings. The summed E-state index contributed by atoms with van der Waals surface area (Å²) in [5, 5.41) is 4.63. The van der Waals surface area contributed by atoms with Gasteiger partial charge in [-0.15, -0.1) is 11.3 Å². The van der Waals surface area contributed by atoms with Gasteiger partial charge in [0, 0.05) is 17.7 Å². The van der Waals surface area contributed by atoms with Crippen molar-refractivity contribution >= 4 is 22.9 Å². The molecule has 1 aromatic heterocycles. The number of rotatable bonds is 0. The molecule has 26 heavy (non-hydrogen) atoms. The molecule has 0 unspecified atom stereocenters. The molecule has 0 fully saturated rings. The first-order valence-electron chi connectivity index (χ1n) is 9.51. The summed E-state index contributed by atoms with van der Waals surface area (Å²) in [5.74, 6) is 1.30. The van der Waals surface area contributed by atoms with E-state index in [2.05, 4.69) is 50.4 Å². The van der Waals surface area contributed by atoms with Gasteiger partial charge in [0.2, 0.25) is 0 Å². The van der Waals surface area contributed by atoms with E-state index in [0.717, 1.165) is 47.8 Å². The van der Waals surface area contributed by atoms with Crippen LogP contribution in [0.25, 0.3) is 0 Å². The molecule has 0 amide bonds. The van der Waals surface area contributed by atoms with E-state index >= 15 is 0 Å². The van der Waals surface area contributed by atoms with E-state index in [4.69, 9.17) is 4.98 Å². The predicted octanol–water partition coefficient (Wildman–Crippen LogP) is 5.14. The monoisotopic (exact) mass is 364 g/mol. The smallest absolute Gasteiger partial charge is 0.162 e. The standard InChI is InChI=1S/C22H24N2OS/c1-13-23-20-19(26-13)22(10-6-8-14-7-4-5-9-15(14)22)18-16(24-20)11-21(2,3)12-17(18)25/h4-5,7,9,24H,6,8,10-12H2,1-3H3/t22-/m1/s1. The number of hydrogen-bond acceptors (Lipinski definition) is 4. The summed E-state index contributed by atoms with van der Waals surface area (Å²) in [6.45, 7) is 6.46. The van der Waals surface area contributed by atoms with Crippen LogP contribution >= 0.6 is 11.3 Å². The third kappa shape index (κ3) is 2.11. The van der Waals surface area contributed by atoms with Gasteiger partial charge in [0.15, 0.2) is 5.78 Å². The van der Waals surface area contributed by atoms with E-state index in [1.807, 2.05) is 0 Å². The van der Waals surface area contributed by atoms with Gasteiger partial charge in [-0.1, -0.05) is 38.1 Å². The molecular formula is C22H24N2OS. The average Bonchev–Trinajstić information content (AvgIpc) is 2.94. The maximum atomic E-state index is 13.4. The summed E-state index contributed by atoms with van der Waals surface area (Å²) in [6.07, 6.45) is 4.76. The molecule has 1 N–H and O–H groups in total. The molecule has 0 saturated heterocycles. The predicted molar refractivity (Wildman–Crippen MR) is 106 cm³/mol. The highest BCUT2D eigenvalue weighted by Gasteiger charge is 2.52. The van der Waals surface area contributed by atoms with Gasteiger partial charge in [-0.3, -0.25) is 4.79 Å². The molecule has 5 rings (SSSR count). The highest BCUT2D eigenvalue weighted by atomic mass is 32.1. The number of thiazole rings is 1. The first-order chi connectivity index (χ1) is 12.4. The third-order valence-electron chi connectivity index (χ3n) is 6.17. The number of aryl methyl sites for hydroxylation is 2. The van der Waals surface area contributed by atoms with Crippen molar-refractivity contribution in [2.75, 3.05) is 5.32 Å². The molecule has 0 saturated carbocycles. The van der Waals surface area contributed by atoms with Crippen molar-refractivity contribution in [2.45, 2.75) is 58.3 Å². The average molecular weight is 365 g/mol. The Kier molecular flexibility index (Phi) is 3.31. The number of allylic oxidation sites excluding steroid dienone is 2. The van der Waals surface area contributed by atoms with Gasteiger partial charge in [-0.2, -0.15) is 0 Å². The van der Waals surface area contributed by atoms with Crippen LogP contribution in [0.15, 0.2) is 35.5 Å². The first-order valence-corrected chi connectivity index (χ1v) is 10.3. The lowest BCUT2D eigenvalue weighted by molar-refractivity contribution is -0.118. The van der Waals surface area contributed by atoms with Crippen molar-refractivity contribution in [2.24, 2.45) is 5.41 Å². The van der Waals surface area contributed by atoms with E-state index in [9.17, 15) is 4.79 Å². The van der Waals surface area contributed by atoms with Crippen LogP contribution in [-0.4, -0.2) is 10.8 Å². The van der Waals surface area contributed by atoms with Crippen LogP contribution in [0.5, 0.6) is 0 Å². The lowest BCUT2D eigenvalue weighted by Gasteiger charge is -2.47. The third-order valence-corrected chi connectivity index (χ3v) is 7.30. The number of Topliss-reactive ketones (excluding diaryl/α,β-unsaturated/α-hetero) is 1. The van der Waals surface area contributed by atoms with Crippen LogP contribution in [-0.2, 0) is 16.6 Å². The summed E-state index contributed by atoms with van der Waals surface area (Å²) < 4.78 is 0. The highest BCUT2D eigenvalue weighted by molar-refractivity contribution is 7.12. The zero-order valence-electron chi connectivity index (χ0n) is 15.6. The Labute approximate surface area is 158 Å². The van der Waals surface area contributed by atoms with Gasteiger partial charge in [0.1, 0.15) is 5.82 Å². The number of benzene rings is 1. The number of carbonyl (C=O) groups is 1. The van der Waals surface area contributed by atoms with Gasteiger partial charge < -0.3 is 5.32 Å². The van der Waals surface area contributed by atoms with Crippen LogP contribution in [0.3, 0.4) is 0 Å². The zero-order chi connectivity index (χ0) is 18.1. The lowest BCUT2D eigenvalue weighted by Crippen LogP contribution is -2.44. The summed E-state index contributed by atoms with van der Waals surface area (Å²) >= 11 is 1.76. The second-order valence-electron chi connectivity index (χ2n) is 8.75. The van der Waals surface area contributed by atoms with Gasteiger partial charge in [0.05, 0.1) is 15.3 Å². The Morgan fingerprint density at radius 3 is 2.85 bits per heavy atom. The van der Waals surface area contributed by atoms with E-state index in [1.54, 1.807) is 11.3 Å². The van der Waals surface area contributed by atoms with Gasteiger partial charge >= 0.3 is 0 Å². The molecule has 0 radical (unpaired) electrons. The molecular weight excluding hydrogens is 340 g/mol. The van der Waals surface area contributed by atoms with E-state index < -0.39 is 0 Å². The van der Waals surface area contributed by atoms with Crippen LogP contribution in [0.4, 0.5) is 5.82 Å². The summed E-state index contributed by atoms with van der Waals surface area (Å²) in [6, 6.07) is 8.73. The highest BCUT2D eigenvalue weighted by Crippen LogP contribution is 2.58. The second kappa shape index (κ2) is 5.29. The summed E-state index contributed by atoms with van der Waals surface area (Å²) in [5.41, 5.74) is 4.56. The largest absolute Gasteiger partial charge is 0.342 e. The quantitative estimate of drug-likeness (QED) is 0.703. The minimum atomic E-state index is -0.301. The SMILES string of the molecule is Cc1nc2c(s1)[C@@]1(CCCc3ccccc31)C1=C(CC(C)(C)CC1=O)N2. The van der Waals surface area contributed by atoms with E-state index in [1.165, 1.54) is 16.0 Å². The minimum absolute atomic E-state index is 0.000854. The molecule has 1 aliphatic heterocycles. The lowest BCUT2D eigenvalue weighted by atomic mass is 9.59. The zero-order valence-corrected chi connectivity index (χ0v) is 16.4. The first kappa shape index (κ1) is 16.2. The van der Waals surface area contributed by atoms with Crippen molar-refractivity contribution in [3.05, 3.63) is 56.5 Å². The van der Waals surface area contributed by atoms with E-state index in [0.29, 0.717) is 12.2 Å². The van der Waals surface area contributed by atoms with Crippen LogP contribution < -0.4 is 5.32 Å². The van der Waals surface area contributed by atoms with E-state index in [-0.39, 0.29) is 10.8 Å². The Hall–Kier alpha value is -1.94. The molecule has 1 aromatic carbocycles. The summed E-state index contributed by atoms with van der Waals surface area (Å²) in [7, 11) is 0. The van der Waals surface area contributed by atoms with Crippen molar-refractivity contribution in [1.82, 2.24) is 4.98 Å². The topological polar surface area (TPSA) is 42.0 Å². The van der Waals surface area contributed by atoms with Gasteiger partial charge in [0.25, 0.3) is 0 Å². The molecule has 4 heteroatoms. The minimum Gasteiger partial charge on any atom is -0.342 e. The van der Waals surface area contributed by atoms with Gasteiger partial charge in [-0.25, -0.2) is 4.98 Å². The van der Waals surface area contributed by atoms with Crippen molar-refractivity contribution in [3.8, 4) is 0 Å². The number of fused-ring (bicyclic) bond motifs is 5. The molecule has 3 nitrogen and oxygen atoms in total. The molecule has 1 atom stereocenters. The number of nitrogens with one attached hydrogen (secondary N) is 1. The van der Waals surface area contributed by atoms with Crippen LogP contribution in [0.1, 0.15) is 60.5 Å². The Morgan fingerprint density at radius 2 is 2.00 bits per heavy atom. The number of ketones is 1.